The third kappa shape index (κ3) is 2.46. The lowest BCUT2D eigenvalue weighted by atomic mass is 10.1. The first-order chi connectivity index (χ1) is 8.66. The van der Waals surface area contributed by atoms with Crippen LogP contribution in [0.25, 0.3) is 0 Å². The Morgan fingerprint density at radius 1 is 1.28 bits per heavy atom. The van der Waals surface area contributed by atoms with E-state index in [1.807, 2.05) is 0 Å². The largest absolute Gasteiger partial charge is 0.353 e. The molecule has 0 aliphatic heterocycles. The highest BCUT2D eigenvalue weighted by atomic mass is 35.5. The highest BCUT2D eigenvalue weighted by Gasteiger charge is 2.36. The van der Waals surface area contributed by atoms with E-state index in [0.29, 0.717) is 17.1 Å². The van der Waals surface area contributed by atoms with Crippen molar-refractivity contribution in [2.24, 2.45) is 5.92 Å². The fraction of sp³-hybridized carbons (Fsp3) is 0.714. The molecule has 1 aromatic heterocycles. The van der Waals surface area contributed by atoms with Crippen LogP contribution < -0.4 is 4.90 Å². The molecular weight excluding hydrogens is 246 g/mol. The van der Waals surface area contributed by atoms with E-state index in [9.17, 15) is 0 Å². The Bertz CT molecular complexity index is 439. The van der Waals surface area contributed by atoms with Gasteiger partial charge in [-0.15, -0.1) is 0 Å². The van der Waals surface area contributed by atoms with E-state index in [0.717, 1.165) is 23.8 Å². The van der Waals surface area contributed by atoms with E-state index >= 15 is 0 Å². The molecule has 2 fully saturated rings. The number of nitrogens with zero attached hydrogens (tertiary/aromatic N) is 3. The van der Waals surface area contributed by atoms with Crippen LogP contribution in [0.5, 0.6) is 0 Å². The molecule has 0 N–H and O–H groups in total. The molecule has 0 amide bonds. The number of aromatic nitrogens is 2. The van der Waals surface area contributed by atoms with Gasteiger partial charge in [-0.3, -0.25) is 0 Å². The molecule has 0 aromatic carbocycles. The van der Waals surface area contributed by atoms with Crippen molar-refractivity contribution in [1.29, 1.82) is 0 Å². The van der Waals surface area contributed by atoms with Gasteiger partial charge in [-0.2, -0.15) is 0 Å². The Hall–Kier alpha value is -0.830. The van der Waals surface area contributed by atoms with Crippen LogP contribution in [-0.4, -0.2) is 22.6 Å². The van der Waals surface area contributed by atoms with Gasteiger partial charge in [-0.25, -0.2) is 9.97 Å². The monoisotopic (exact) mass is 265 g/mol. The van der Waals surface area contributed by atoms with Crippen LogP contribution in [0.15, 0.2) is 6.33 Å². The Morgan fingerprint density at radius 2 is 2.00 bits per heavy atom. The molecule has 4 heteroatoms. The summed E-state index contributed by atoms with van der Waals surface area (Å²) in [5.74, 6) is 2.33. The number of hydrogen-bond acceptors (Lipinski definition) is 3. The molecule has 3 rings (SSSR count). The fourth-order valence-electron chi connectivity index (χ4n) is 2.46. The van der Waals surface area contributed by atoms with E-state index in [1.54, 1.807) is 6.33 Å². The number of rotatable bonds is 5. The van der Waals surface area contributed by atoms with Gasteiger partial charge in [0.1, 0.15) is 17.3 Å². The molecule has 1 aromatic rings. The standard InChI is InChI=1S/C14H20ClN3/c1-9(2)12-13(15)16-8-17-14(12)18(11-5-6-11)7-10-3-4-10/h8-11H,3-7H2,1-2H3. The van der Waals surface area contributed by atoms with Crippen LogP contribution in [0, 0.1) is 5.92 Å². The lowest BCUT2D eigenvalue weighted by Crippen LogP contribution is -2.30. The first-order valence-electron chi connectivity index (χ1n) is 6.94. The maximum Gasteiger partial charge on any atom is 0.138 e. The van der Waals surface area contributed by atoms with Crippen LogP contribution in [0.2, 0.25) is 5.15 Å². The van der Waals surface area contributed by atoms with Crippen LogP contribution in [0.3, 0.4) is 0 Å². The smallest absolute Gasteiger partial charge is 0.138 e. The first-order valence-corrected chi connectivity index (χ1v) is 7.31. The van der Waals surface area contributed by atoms with Gasteiger partial charge < -0.3 is 4.90 Å². The van der Waals surface area contributed by atoms with Crippen molar-refractivity contribution in [3.8, 4) is 0 Å². The van der Waals surface area contributed by atoms with Gasteiger partial charge in [0.25, 0.3) is 0 Å². The van der Waals surface area contributed by atoms with Gasteiger partial charge in [0.15, 0.2) is 0 Å². The maximum atomic E-state index is 6.27. The summed E-state index contributed by atoms with van der Waals surface area (Å²) in [7, 11) is 0. The summed E-state index contributed by atoms with van der Waals surface area (Å²) in [5, 5.41) is 0.622. The predicted octanol–water partition coefficient (Wildman–Crippen LogP) is 3.63. The minimum absolute atomic E-state index is 0.370. The molecule has 2 aliphatic rings. The Labute approximate surface area is 114 Å². The van der Waals surface area contributed by atoms with Gasteiger partial charge in [-0.05, 0) is 37.5 Å². The van der Waals surface area contributed by atoms with Gasteiger partial charge in [0, 0.05) is 18.2 Å². The highest BCUT2D eigenvalue weighted by Crippen LogP contribution is 2.40. The summed E-state index contributed by atoms with van der Waals surface area (Å²) in [5.41, 5.74) is 1.12. The number of anilines is 1. The molecule has 98 valence electrons. The molecule has 2 saturated carbocycles. The molecule has 0 unspecified atom stereocenters. The van der Waals surface area contributed by atoms with E-state index in [-0.39, 0.29) is 0 Å². The van der Waals surface area contributed by atoms with E-state index < -0.39 is 0 Å². The third-order valence-electron chi connectivity index (χ3n) is 3.80. The Balaban J connectivity index is 1.94. The van der Waals surface area contributed by atoms with Gasteiger partial charge in [0.2, 0.25) is 0 Å². The van der Waals surface area contributed by atoms with E-state index in [2.05, 4.69) is 28.7 Å². The molecular formula is C14H20ClN3. The molecule has 18 heavy (non-hydrogen) atoms. The Morgan fingerprint density at radius 3 is 2.56 bits per heavy atom. The average molecular weight is 266 g/mol. The topological polar surface area (TPSA) is 29.0 Å². The third-order valence-corrected chi connectivity index (χ3v) is 4.10. The number of halogens is 1. The maximum absolute atomic E-state index is 6.27. The fourth-order valence-corrected chi connectivity index (χ4v) is 2.81. The molecule has 0 bridgehead atoms. The van der Waals surface area contributed by atoms with Crippen molar-refractivity contribution in [2.45, 2.75) is 51.5 Å². The van der Waals surface area contributed by atoms with Crippen molar-refractivity contribution >= 4 is 17.4 Å². The minimum atomic E-state index is 0.370. The van der Waals surface area contributed by atoms with Crippen LogP contribution in [0.4, 0.5) is 5.82 Å². The highest BCUT2D eigenvalue weighted by molar-refractivity contribution is 6.30. The second-order valence-electron chi connectivity index (χ2n) is 5.88. The summed E-state index contributed by atoms with van der Waals surface area (Å²) in [6, 6.07) is 0.689. The van der Waals surface area contributed by atoms with Crippen LogP contribution in [0.1, 0.15) is 51.0 Å². The zero-order valence-electron chi connectivity index (χ0n) is 11.1. The summed E-state index contributed by atoms with van der Waals surface area (Å²) in [6.45, 7) is 5.48. The lowest BCUT2D eigenvalue weighted by molar-refractivity contribution is 0.694. The predicted molar refractivity (Wildman–Crippen MR) is 74.2 cm³/mol. The van der Waals surface area contributed by atoms with Crippen molar-refractivity contribution < 1.29 is 0 Å². The Kier molecular flexibility index (Phi) is 3.18. The van der Waals surface area contributed by atoms with Crippen molar-refractivity contribution in [1.82, 2.24) is 9.97 Å². The summed E-state index contributed by atoms with van der Waals surface area (Å²) in [4.78, 5) is 11.2. The molecule has 2 aliphatic carbocycles. The molecule has 0 radical (unpaired) electrons. The lowest BCUT2D eigenvalue weighted by Gasteiger charge is -2.27. The van der Waals surface area contributed by atoms with E-state index in [4.69, 9.17) is 11.6 Å². The van der Waals surface area contributed by atoms with Crippen LogP contribution >= 0.6 is 11.6 Å². The molecule has 0 spiro atoms. The average Bonchev–Trinajstić information content (AvgIpc) is 3.17. The quantitative estimate of drug-likeness (QED) is 0.762. The summed E-state index contributed by atoms with van der Waals surface area (Å²) < 4.78 is 0. The minimum Gasteiger partial charge on any atom is -0.353 e. The van der Waals surface area contributed by atoms with Crippen molar-refractivity contribution in [3.63, 3.8) is 0 Å². The SMILES string of the molecule is CC(C)c1c(Cl)ncnc1N(CC1CC1)C1CC1. The van der Waals surface area contributed by atoms with Gasteiger partial charge in [0.05, 0.1) is 0 Å². The second-order valence-corrected chi connectivity index (χ2v) is 6.24. The summed E-state index contributed by atoms with van der Waals surface area (Å²) >= 11 is 6.27. The molecule has 1 heterocycles. The first kappa shape index (κ1) is 12.2. The van der Waals surface area contributed by atoms with Crippen molar-refractivity contribution in [3.05, 3.63) is 17.0 Å². The van der Waals surface area contributed by atoms with Crippen molar-refractivity contribution in [2.75, 3.05) is 11.4 Å². The summed E-state index contributed by atoms with van der Waals surface area (Å²) in [6.07, 6.45) is 6.95. The van der Waals surface area contributed by atoms with Crippen LogP contribution in [-0.2, 0) is 0 Å². The molecule has 0 saturated heterocycles. The van der Waals surface area contributed by atoms with Gasteiger partial charge >= 0.3 is 0 Å². The van der Waals surface area contributed by atoms with Gasteiger partial charge in [-0.1, -0.05) is 25.4 Å². The van der Waals surface area contributed by atoms with E-state index in [1.165, 1.54) is 25.7 Å². The molecule has 0 atom stereocenters. The second kappa shape index (κ2) is 4.69. The number of hydrogen-bond donors (Lipinski definition) is 0. The molecule has 3 nitrogen and oxygen atoms in total. The zero-order chi connectivity index (χ0) is 12.7. The zero-order valence-corrected chi connectivity index (χ0v) is 11.8. The normalized spacial score (nSPS) is 19.3.